The Kier molecular flexibility index (Phi) is 5.21. The molecule has 1 amide bonds. The molecule has 20 heavy (non-hydrogen) atoms. The molecule has 0 saturated heterocycles. The van der Waals surface area contributed by atoms with E-state index in [-0.39, 0.29) is 24.5 Å². The molecule has 1 aromatic carbocycles. The average Bonchev–Trinajstić information content (AvgIpc) is 3.23. The van der Waals surface area contributed by atoms with Crippen molar-refractivity contribution < 1.29 is 14.3 Å². The summed E-state index contributed by atoms with van der Waals surface area (Å²) in [4.78, 5) is 25.8. The van der Waals surface area contributed by atoms with Crippen LogP contribution >= 0.6 is 31.9 Å². The van der Waals surface area contributed by atoms with E-state index in [9.17, 15) is 9.59 Å². The summed E-state index contributed by atoms with van der Waals surface area (Å²) in [5.41, 5.74) is 0.551. The fourth-order valence-electron chi connectivity index (χ4n) is 1.91. The summed E-state index contributed by atoms with van der Waals surface area (Å²) < 4.78 is 6.49. The summed E-state index contributed by atoms with van der Waals surface area (Å²) in [6.07, 6.45) is 1.88. The zero-order valence-corrected chi connectivity index (χ0v) is 14.2. The summed E-state index contributed by atoms with van der Waals surface area (Å²) in [5, 5.41) is 0. The third-order valence-electron chi connectivity index (χ3n) is 3.01. The second-order valence-corrected chi connectivity index (χ2v) is 6.36. The van der Waals surface area contributed by atoms with Gasteiger partial charge in [-0.15, -0.1) is 0 Å². The van der Waals surface area contributed by atoms with Crippen molar-refractivity contribution in [1.29, 1.82) is 0 Å². The van der Waals surface area contributed by atoms with Gasteiger partial charge in [-0.25, -0.2) is 0 Å². The van der Waals surface area contributed by atoms with E-state index in [1.165, 1.54) is 0 Å². The molecule has 0 heterocycles. The smallest absolute Gasteiger partial charge is 0.325 e. The molecule has 0 atom stereocenters. The highest BCUT2D eigenvalue weighted by Crippen LogP contribution is 2.30. The summed E-state index contributed by atoms with van der Waals surface area (Å²) in [6.45, 7) is 2.09. The highest BCUT2D eigenvalue weighted by atomic mass is 79.9. The predicted molar refractivity (Wildman–Crippen MR) is 82.5 cm³/mol. The molecule has 1 aliphatic rings. The molecular formula is C14H15Br2NO3. The molecule has 0 bridgehead atoms. The molecule has 4 nitrogen and oxygen atoms in total. The van der Waals surface area contributed by atoms with Crippen LogP contribution in [0.15, 0.2) is 27.1 Å². The Balaban J connectivity index is 2.18. The van der Waals surface area contributed by atoms with Crippen LogP contribution in [0, 0.1) is 0 Å². The molecule has 0 radical (unpaired) electrons. The van der Waals surface area contributed by atoms with Gasteiger partial charge in [-0.2, -0.15) is 0 Å². The molecule has 1 saturated carbocycles. The van der Waals surface area contributed by atoms with Crippen molar-refractivity contribution in [3.05, 3.63) is 32.7 Å². The lowest BCUT2D eigenvalue weighted by Gasteiger charge is -2.22. The second kappa shape index (κ2) is 6.72. The van der Waals surface area contributed by atoms with Crippen LogP contribution in [0.4, 0.5) is 0 Å². The molecular weight excluding hydrogens is 390 g/mol. The topological polar surface area (TPSA) is 46.6 Å². The lowest BCUT2D eigenvalue weighted by atomic mass is 10.2. The van der Waals surface area contributed by atoms with Gasteiger partial charge in [-0.05, 0) is 53.9 Å². The third kappa shape index (κ3) is 3.82. The minimum atomic E-state index is -0.362. The van der Waals surface area contributed by atoms with E-state index in [0.29, 0.717) is 12.2 Å². The largest absolute Gasteiger partial charge is 0.465 e. The first-order valence-electron chi connectivity index (χ1n) is 6.44. The van der Waals surface area contributed by atoms with Crippen LogP contribution in [0.2, 0.25) is 0 Å². The zero-order chi connectivity index (χ0) is 14.7. The summed E-state index contributed by atoms with van der Waals surface area (Å²) >= 11 is 6.74. The Hall–Kier alpha value is -0.880. The van der Waals surface area contributed by atoms with Gasteiger partial charge in [0.05, 0.1) is 12.2 Å². The zero-order valence-electron chi connectivity index (χ0n) is 11.1. The molecule has 1 aromatic rings. The fourth-order valence-corrected chi connectivity index (χ4v) is 2.69. The van der Waals surface area contributed by atoms with Gasteiger partial charge in [0.2, 0.25) is 0 Å². The van der Waals surface area contributed by atoms with Crippen molar-refractivity contribution >= 4 is 43.7 Å². The van der Waals surface area contributed by atoms with E-state index in [4.69, 9.17) is 4.74 Å². The van der Waals surface area contributed by atoms with Crippen LogP contribution in [0.5, 0.6) is 0 Å². The predicted octanol–water partition coefficient (Wildman–Crippen LogP) is 3.38. The van der Waals surface area contributed by atoms with Crippen molar-refractivity contribution in [2.24, 2.45) is 0 Å². The van der Waals surface area contributed by atoms with Gasteiger partial charge < -0.3 is 9.64 Å². The van der Waals surface area contributed by atoms with E-state index >= 15 is 0 Å². The molecule has 1 aliphatic carbocycles. The van der Waals surface area contributed by atoms with Crippen LogP contribution in [0.25, 0.3) is 0 Å². The quantitative estimate of drug-likeness (QED) is 0.706. The van der Waals surface area contributed by atoms with Crippen molar-refractivity contribution in [2.45, 2.75) is 25.8 Å². The number of nitrogens with zero attached hydrogens (tertiary/aromatic N) is 1. The molecule has 0 unspecified atom stereocenters. The van der Waals surface area contributed by atoms with Crippen molar-refractivity contribution in [3.63, 3.8) is 0 Å². The van der Waals surface area contributed by atoms with Gasteiger partial charge >= 0.3 is 5.97 Å². The maximum Gasteiger partial charge on any atom is 0.325 e. The Labute approximate surface area is 134 Å². The maximum absolute atomic E-state index is 12.6. The Morgan fingerprint density at radius 3 is 2.65 bits per heavy atom. The molecule has 2 rings (SSSR count). The summed E-state index contributed by atoms with van der Waals surface area (Å²) in [6, 6.07) is 5.57. The number of ether oxygens (including phenoxy) is 1. The fraction of sp³-hybridized carbons (Fsp3) is 0.429. The lowest BCUT2D eigenvalue weighted by Crippen LogP contribution is -2.38. The summed E-state index contributed by atoms with van der Waals surface area (Å²) in [7, 11) is 0. The van der Waals surface area contributed by atoms with Crippen LogP contribution in [-0.2, 0) is 9.53 Å². The number of benzene rings is 1. The van der Waals surface area contributed by atoms with Gasteiger partial charge in [0.25, 0.3) is 5.91 Å². The molecule has 0 aromatic heterocycles. The first kappa shape index (κ1) is 15.5. The lowest BCUT2D eigenvalue weighted by molar-refractivity contribution is -0.144. The highest BCUT2D eigenvalue weighted by molar-refractivity contribution is 9.11. The van der Waals surface area contributed by atoms with Gasteiger partial charge in [0.1, 0.15) is 6.54 Å². The first-order valence-corrected chi connectivity index (χ1v) is 8.03. The van der Waals surface area contributed by atoms with Crippen molar-refractivity contribution in [2.75, 3.05) is 13.2 Å². The highest BCUT2D eigenvalue weighted by Gasteiger charge is 2.35. The van der Waals surface area contributed by atoms with Crippen LogP contribution < -0.4 is 0 Å². The van der Waals surface area contributed by atoms with Gasteiger partial charge in [0.15, 0.2) is 0 Å². The second-order valence-electron chi connectivity index (χ2n) is 4.59. The van der Waals surface area contributed by atoms with Crippen LogP contribution in [0.3, 0.4) is 0 Å². The minimum absolute atomic E-state index is 0.0102. The molecule has 0 aliphatic heterocycles. The Morgan fingerprint density at radius 1 is 1.35 bits per heavy atom. The Bertz CT molecular complexity index is 529. The van der Waals surface area contributed by atoms with E-state index in [0.717, 1.165) is 21.8 Å². The summed E-state index contributed by atoms with van der Waals surface area (Å²) in [5.74, 6) is -0.507. The van der Waals surface area contributed by atoms with Crippen LogP contribution in [0.1, 0.15) is 30.1 Å². The SMILES string of the molecule is CCOC(=O)CN(C(=O)c1cc(Br)ccc1Br)C1CC1. The van der Waals surface area contributed by atoms with Crippen molar-refractivity contribution in [3.8, 4) is 0 Å². The average molecular weight is 405 g/mol. The number of hydrogen-bond acceptors (Lipinski definition) is 3. The van der Waals surface area contributed by atoms with E-state index in [1.54, 1.807) is 17.9 Å². The number of halogens is 2. The van der Waals surface area contributed by atoms with E-state index in [1.807, 2.05) is 12.1 Å². The van der Waals surface area contributed by atoms with Gasteiger partial charge in [-0.1, -0.05) is 15.9 Å². The Morgan fingerprint density at radius 2 is 2.05 bits per heavy atom. The number of esters is 1. The number of carbonyl (C=O) groups excluding carboxylic acids is 2. The molecule has 0 N–H and O–H groups in total. The normalized spacial score (nSPS) is 13.9. The number of hydrogen-bond donors (Lipinski definition) is 0. The number of amides is 1. The minimum Gasteiger partial charge on any atom is -0.465 e. The van der Waals surface area contributed by atoms with Gasteiger partial charge in [0, 0.05) is 15.0 Å². The number of carbonyl (C=O) groups is 2. The first-order chi connectivity index (χ1) is 9.52. The molecule has 6 heteroatoms. The van der Waals surface area contributed by atoms with Crippen molar-refractivity contribution in [1.82, 2.24) is 4.90 Å². The van der Waals surface area contributed by atoms with E-state index < -0.39 is 0 Å². The molecule has 108 valence electrons. The molecule has 1 fully saturated rings. The monoisotopic (exact) mass is 403 g/mol. The molecule has 0 spiro atoms. The number of rotatable bonds is 5. The van der Waals surface area contributed by atoms with E-state index in [2.05, 4.69) is 31.9 Å². The third-order valence-corrected chi connectivity index (χ3v) is 4.20. The standard InChI is InChI=1S/C14H15Br2NO3/c1-2-20-13(18)8-17(10-4-5-10)14(19)11-7-9(15)3-6-12(11)16/h3,6-7,10H,2,4-5,8H2,1H3. The van der Waals surface area contributed by atoms with Crippen LogP contribution in [-0.4, -0.2) is 36.0 Å². The van der Waals surface area contributed by atoms with Gasteiger partial charge in [-0.3, -0.25) is 9.59 Å². The maximum atomic E-state index is 12.6.